The molecular weight excluding hydrogens is 257 g/mol. The lowest BCUT2D eigenvalue weighted by molar-refractivity contribution is 0.503. The van der Waals surface area contributed by atoms with E-state index in [1.807, 2.05) is 13.1 Å². The maximum atomic E-state index is 13.2. The molecular formula is C12H17BrFN. The fraction of sp³-hybridized carbons (Fsp3) is 0.500. The summed E-state index contributed by atoms with van der Waals surface area (Å²) >= 11 is 3.28. The van der Waals surface area contributed by atoms with Gasteiger partial charge in [0.05, 0.1) is 4.47 Å². The second-order valence-electron chi connectivity index (χ2n) is 3.91. The molecule has 1 atom stereocenters. The van der Waals surface area contributed by atoms with Crippen molar-refractivity contribution in [1.29, 1.82) is 0 Å². The number of aryl methyl sites for hydroxylation is 1. The number of halogens is 2. The number of hydrogen-bond acceptors (Lipinski definition) is 1. The van der Waals surface area contributed by atoms with E-state index in [0.29, 0.717) is 10.4 Å². The average Bonchev–Trinajstić information content (AvgIpc) is 2.21. The Balaban J connectivity index is 2.54. The summed E-state index contributed by atoms with van der Waals surface area (Å²) in [7, 11) is 1.95. The van der Waals surface area contributed by atoms with Gasteiger partial charge in [0.25, 0.3) is 0 Å². The lowest BCUT2D eigenvalue weighted by atomic mass is 10.0. The summed E-state index contributed by atoms with van der Waals surface area (Å²) in [4.78, 5) is 0. The van der Waals surface area contributed by atoms with Gasteiger partial charge in [-0.3, -0.25) is 0 Å². The molecule has 1 N–H and O–H groups in total. The second-order valence-corrected chi connectivity index (χ2v) is 4.71. The fourth-order valence-corrected chi connectivity index (χ4v) is 2.06. The van der Waals surface area contributed by atoms with Crippen molar-refractivity contribution >= 4 is 15.9 Å². The molecule has 0 aliphatic heterocycles. The van der Waals surface area contributed by atoms with Gasteiger partial charge in [-0.15, -0.1) is 0 Å². The SMILES string of the molecule is CNCC(C)CCc1cccc(F)c1Br. The minimum absolute atomic E-state index is 0.172. The molecule has 1 unspecified atom stereocenters. The minimum atomic E-state index is -0.172. The van der Waals surface area contributed by atoms with Crippen molar-refractivity contribution in [3.05, 3.63) is 34.1 Å². The summed E-state index contributed by atoms with van der Waals surface area (Å²) in [5.74, 6) is 0.443. The molecule has 0 radical (unpaired) electrons. The van der Waals surface area contributed by atoms with Gasteiger partial charge in [-0.05, 0) is 59.9 Å². The van der Waals surface area contributed by atoms with Gasteiger partial charge in [0.1, 0.15) is 5.82 Å². The highest BCUT2D eigenvalue weighted by atomic mass is 79.9. The average molecular weight is 274 g/mol. The molecule has 0 aromatic heterocycles. The van der Waals surface area contributed by atoms with Gasteiger partial charge in [0, 0.05) is 0 Å². The second kappa shape index (κ2) is 6.23. The molecule has 84 valence electrons. The van der Waals surface area contributed by atoms with E-state index in [2.05, 4.69) is 28.2 Å². The van der Waals surface area contributed by atoms with Gasteiger partial charge in [-0.1, -0.05) is 19.1 Å². The zero-order valence-corrected chi connectivity index (χ0v) is 10.8. The van der Waals surface area contributed by atoms with Crippen LogP contribution in [-0.2, 0) is 6.42 Å². The third-order valence-corrected chi connectivity index (χ3v) is 3.38. The van der Waals surface area contributed by atoms with E-state index in [9.17, 15) is 4.39 Å². The van der Waals surface area contributed by atoms with E-state index < -0.39 is 0 Å². The molecule has 0 aliphatic rings. The maximum absolute atomic E-state index is 13.2. The number of nitrogens with one attached hydrogen (secondary N) is 1. The van der Waals surface area contributed by atoms with Crippen molar-refractivity contribution in [2.24, 2.45) is 5.92 Å². The van der Waals surface area contributed by atoms with E-state index in [1.165, 1.54) is 6.07 Å². The molecule has 0 fully saturated rings. The molecule has 0 aliphatic carbocycles. The van der Waals surface area contributed by atoms with Crippen LogP contribution in [-0.4, -0.2) is 13.6 Å². The Labute approximate surface area is 99.2 Å². The van der Waals surface area contributed by atoms with E-state index in [4.69, 9.17) is 0 Å². The van der Waals surface area contributed by atoms with Crippen LogP contribution in [0.3, 0.4) is 0 Å². The van der Waals surface area contributed by atoms with Crippen molar-refractivity contribution in [3.8, 4) is 0 Å². The van der Waals surface area contributed by atoms with Crippen LogP contribution in [0.1, 0.15) is 18.9 Å². The zero-order chi connectivity index (χ0) is 11.3. The maximum Gasteiger partial charge on any atom is 0.137 e. The lowest BCUT2D eigenvalue weighted by Crippen LogP contribution is -2.16. The molecule has 1 nitrogen and oxygen atoms in total. The summed E-state index contributed by atoms with van der Waals surface area (Å²) in [5, 5.41) is 3.14. The third-order valence-electron chi connectivity index (χ3n) is 2.49. The van der Waals surface area contributed by atoms with E-state index in [-0.39, 0.29) is 5.82 Å². The highest BCUT2D eigenvalue weighted by Gasteiger charge is 2.07. The Kier molecular flexibility index (Phi) is 5.26. The Hall–Kier alpha value is -0.410. The minimum Gasteiger partial charge on any atom is -0.319 e. The van der Waals surface area contributed by atoms with Crippen LogP contribution in [0.4, 0.5) is 4.39 Å². The quantitative estimate of drug-likeness (QED) is 0.868. The predicted molar refractivity (Wildman–Crippen MR) is 65.5 cm³/mol. The molecule has 1 aromatic carbocycles. The smallest absolute Gasteiger partial charge is 0.137 e. The van der Waals surface area contributed by atoms with Crippen LogP contribution in [0.2, 0.25) is 0 Å². The van der Waals surface area contributed by atoms with Crippen LogP contribution in [0.5, 0.6) is 0 Å². The van der Waals surface area contributed by atoms with Crippen LogP contribution >= 0.6 is 15.9 Å². The van der Waals surface area contributed by atoms with Gasteiger partial charge >= 0.3 is 0 Å². The van der Waals surface area contributed by atoms with Crippen molar-refractivity contribution in [1.82, 2.24) is 5.32 Å². The molecule has 3 heteroatoms. The highest BCUT2D eigenvalue weighted by Crippen LogP contribution is 2.22. The Morgan fingerprint density at radius 2 is 2.20 bits per heavy atom. The van der Waals surface area contributed by atoms with Gasteiger partial charge in [0.15, 0.2) is 0 Å². The Morgan fingerprint density at radius 3 is 2.87 bits per heavy atom. The zero-order valence-electron chi connectivity index (χ0n) is 9.19. The molecule has 0 heterocycles. The van der Waals surface area contributed by atoms with Gasteiger partial charge in [-0.25, -0.2) is 4.39 Å². The third kappa shape index (κ3) is 3.92. The van der Waals surface area contributed by atoms with Crippen LogP contribution in [0.15, 0.2) is 22.7 Å². The first kappa shape index (κ1) is 12.7. The van der Waals surface area contributed by atoms with Crippen LogP contribution in [0, 0.1) is 11.7 Å². The van der Waals surface area contributed by atoms with Crippen molar-refractivity contribution in [3.63, 3.8) is 0 Å². The number of rotatable bonds is 5. The predicted octanol–water partition coefficient (Wildman–Crippen LogP) is 3.38. The first-order chi connectivity index (χ1) is 7.15. The molecule has 1 aromatic rings. The first-order valence-corrected chi connectivity index (χ1v) is 6.02. The monoisotopic (exact) mass is 273 g/mol. The summed E-state index contributed by atoms with van der Waals surface area (Å²) in [6, 6.07) is 5.21. The molecule has 0 saturated carbocycles. The summed E-state index contributed by atoms with van der Waals surface area (Å²) in [5.41, 5.74) is 1.05. The Bertz CT molecular complexity index is 314. The van der Waals surface area contributed by atoms with Gasteiger partial charge in [-0.2, -0.15) is 0 Å². The largest absolute Gasteiger partial charge is 0.319 e. The van der Waals surface area contributed by atoms with Gasteiger partial charge in [0.2, 0.25) is 0 Å². The standard InChI is InChI=1S/C12H17BrFN/c1-9(8-15-2)6-7-10-4-3-5-11(14)12(10)13/h3-5,9,15H,6-8H2,1-2H3. The van der Waals surface area contributed by atoms with E-state index in [0.717, 1.165) is 24.9 Å². The lowest BCUT2D eigenvalue weighted by Gasteiger charge is -2.11. The Morgan fingerprint density at radius 1 is 1.47 bits per heavy atom. The van der Waals surface area contributed by atoms with Gasteiger partial charge < -0.3 is 5.32 Å². The topological polar surface area (TPSA) is 12.0 Å². The summed E-state index contributed by atoms with van der Waals surface area (Å²) in [6.07, 6.45) is 1.99. The fourth-order valence-electron chi connectivity index (χ4n) is 1.59. The van der Waals surface area contributed by atoms with E-state index in [1.54, 1.807) is 6.07 Å². The first-order valence-electron chi connectivity index (χ1n) is 5.22. The molecule has 0 saturated heterocycles. The number of benzene rings is 1. The van der Waals surface area contributed by atoms with Crippen LogP contribution < -0.4 is 5.32 Å². The molecule has 0 spiro atoms. The number of hydrogen-bond donors (Lipinski definition) is 1. The molecule has 0 amide bonds. The van der Waals surface area contributed by atoms with Crippen molar-refractivity contribution in [2.75, 3.05) is 13.6 Å². The van der Waals surface area contributed by atoms with Crippen LogP contribution in [0.25, 0.3) is 0 Å². The van der Waals surface area contributed by atoms with Crippen molar-refractivity contribution in [2.45, 2.75) is 19.8 Å². The van der Waals surface area contributed by atoms with E-state index >= 15 is 0 Å². The van der Waals surface area contributed by atoms with Crippen molar-refractivity contribution < 1.29 is 4.39 Å². The highest BCUT2D eigenvalue weighted by molar-refractivity contribution is 9.10. The molecule has 1 rings (SSSR count). The molecule has 15 heavy (non-hydrogen) atoms. The normalized spacial score (nSPS) is 12.8. The molecule has 0 bridgehead atoms. The summed E-state index contributed by atoms with van der Waals surface area (Å²) < 4.78 is 13.8. The summed E-state index contributed by atoms with van der Waals surface area (Å²) in [6.45, 7) is 3.20.